The number of ether oxygens (including phenoxy) is 1. The van der Waals surface area contributed by atoms with Gasteiger partial charge in [-0.3, -0.25) is 0 Å². The molecule has 7 heteroatoms. The number of nitrogens with zero attached hydrogens (tertiary/aromatic N) is 1. The highest BCUT2D eigenvalue weighted by molar-refractivity contribution is 7.91. The fraction of sp³-hybridized carbons (Fsp3) is 0.562. The summed E-state index contributed by atoms with van der Waals surface area (Å²) in [5.41, 5.74) is 0.866. The summed E-state index contributed by atoms with van der Waals surface area (Å²) in [6, 6.07) is 7.46. The minimum atomic E-state index is -2.94. The zero-order valence-corrected chi connectivity index (χ0v) is 15.4. The maximum Gasteiger partial charge on any atom is 0.173 e. The van der Waals surface area contributed by atoms with Crippen molar-refractivity contribution in [3.05, 3.63) is 24.3 Å². The highest BCUT2D eigenvalue weighted by atomic mass is 32.2. The zero-order chi connectivity index (χ0) is 17.0. The minimum Gasteiger partial charge on any atom is -0.497 e. The number of anilines is 1. The number of hydrogen-bond donors (Lipinski definition) is 1. The van der Waals surface area contributed by atoms with E-state index in [9.17, 15) is 8.42 Å². The lowest BCUT2D eigenvalue weighted by molar-refractivity contribution is 0.303. The van der Waals surface area contributed by atoms with Crippen molar-refractivity contribution in [2.24, 2.45) is 5.92 Å². The van der Waals surface area contributed by atoms with Crippen LogP contribution in [0.25, 0.3) is 0 Å². The molecule has 1 aromatic carbocycles. The second kappa shape index (κ2) is 7.49. The number of sulfone groups is 1. The van der Waals surface area contributed by atoms with E-state index in [4.69, 9.17) is 17.0 Å². The van der Waals surface area contributed by atoms with Gasteiger partial charge in [-0.25, -0.2) is 8.42 Å². The molecular formula is C16H24N2O3S2. The first kappa shape index (κ1) is 18.0. The molecule has 0 radical (unpaired) electrons. The van der Waals surface area contributed by atoms with Crippen LogP contribution in [-0.2, 0) is 9.84 Å². The summed E-state index contributed by atoms with van der Waals surface area (Å²) in [4.78, 5) is 2.02. The second-order valence-electron chi connectivity index (χ2n) is 6.26. The normalized spacial score (nSPS) is 19.6. The van der Waals surface area contributed by atoms with E-state index in [0.29, 0.717) is 17.5 Å². The Morgan fingerprint density at radius 1 is 1.39 bits per heavy atom. The fourth-order valence-corrected chi connectivity index (χ4v) is 4.75. The third-order valence-electron chi connectivity index (χ3n) is 3.81. The Kier molecular flexibility index (Phi) is 5.86. The second-order valence-corrected chi connectivity index (χ2v) is 8.88. The number of nitrogens with one attached hydrogen (secondary N) is 1. The maximum absolute atomic E-state index is 11.8. The van der Waals surface area contributed by atoms with Crippen molar-refractivity contribution in [1.82, 2.24) is 4.90 Å². The monoisotopic (exact) mass is 356 g/mol. The van der Waals surface area contributed by atoms with Gasteiger partial charge in [0.25, 0.3) is 0 Å². The lowest BCUT2D eigenvalue weighted by Gasteiger charge is -2.32. The Bertz CT molecular complexity index is 642. The first-order chi connectivity index (χ1) is 10.8. The number of hydrogen-bond acceptors (Lipinski definition) is 4. The minimum absolute atomic E-state index is 0.0411. The highest BCUT2D eigenvalue weighted by Gasteiger charge is 2.33. The largest absolute Gasteiger partial charge is 0.497 e. The summed E-state index contributed by atoms with van der Waals surface area (Å²) in [5, 5.41) is 3.78. The average molecular weight is 357 g/mol. The van der Waals surface area contributed by atoms with Crippen LogP contribution in [0, 0.1) is 5.92 Å². The van der Waals surface area contributed by atoms with E-state index < -0.39 is 9.84 Å². The van der Waals surface area contributed by atoms with Gasteiger partial charge < -0.3 is 15.0 Å². The smallest absolute Gasteiger partial charge is 0.173 e. The van der Waals surface area contributed by atoms with Crippen LogP contribution in [0.15, 0.2) is 24.3 Å². The van der Waals surface area contributed by atoms with Crippen LogP contribution in [0.4, 0.5) is 5.69 Å². The van der Waals surface area contributed by atoms with Gasteiger partial charge in [-0.05, 0) is 48.8 Å². The number of benzene rings is 1. The van der Waals surface area contributed by atoms with Gasteiger partial charge in [0, 0.05) is 18.3 Å². The van der Waals surface area contributed by atoms with Crippen LogP contribution >= 0.6 is 12.2 Å². The third kappa shape index (κ3) is 5.07. The molecule has 0 aromatic heterocycles. The van der Waals surface area contributed by atoms with E-state index in [-0.39, 0.29) is 17.5 Å². The van der Waals surface area contributed by atoms with Crippen molar-refractivity contribution in [3.63, 3.8) is 0 Å². The van der Waals surface area contributed by atoms with E-state index in [0.717, 1.165) is 18.0 Å². The SMILES string of the molecule is COc1ccc(NC(=S)N(CC(C)C)[C@@H]2CCS(=O)(=O)C2)cc1. The van der Waals surface area contributed by atoms with Gasteiger partial charge in [0.1, 0.15) is 5.75 Å². The molecule has 1 aromatic rings. The lowest BCUT2D eigenvalue weighted by Crippen LogP contribution is -2.45. The zero-order valence-electron chi connectivity index (χ0n) is 13.8. The van der Waals surface area contributed by atoms with Crippen molar-refractivity contribution in [1.29, 1.82) is 0 Å². The van der Waals surface area contributed by atoms with Crippen LogP contribution in [0.3, 0.4) is 0 Å². The molecule has 0 bridgehead atoms. The van der Waals surface area contributed by atoms with Gasteiger partial charge in [0.15, 0.2) is 14.9 Å². The molecule has 0 saturated carbocycles. The molecule has 128 valence electrons. The first-order valence-corrected chi connectivity index (χ1v) is 9.96. The topological polar surface area (TPSA) is 58.6 Å². The van der Waals surface area contributed by atoms with E-state index in [1.807, 2.05) is 29.2 Å². The van der Waals surface area contributed by atoms with Gasteiger partial charge in [-0.15, -0.1) is 0 Å². The number of thiocarbonyl (C=S) groups is 1. The molecule has 0 amide bonds. The van der Waals surface area contributed by atoms with Gasteiger partial charge >= 0.3 is 0 Å². The molecule has 1 aliphatic heterocycles. The summed E-state index contributed by atoms with van der Waals surface area (Å²) in [5.74, 6) is 1.61. The molecule has 0 unspecified atom stereocenters. The Morgan fingerprint density at radius 3 is 2.52 bits per heavy atom. The van der Waals surface area contributed by atoms with Crippen molar-refractivity contribution in [3.8, 4) is 5.75 Å². The molecule has 0 aliphatic carbocycles. The van der Waals surface area contributed by atoms with E-state index in [1.165, 1.54) is 0 Å². The van der Waals surface area contributed by atoms with Crippen molar-refractivity contribution in [2.45, 2.75) is 26.3 Å². The van der Waals surface area contributed by atoms with Gasteiger partial charge in [-0.1, -0.05) is 13.8 Å². The molecule has 2 rings (SSSR count). The molecule has 1 fully saturated rings. The Hall–Kier alpha value is -1.34. The predicted octanol–water partition coefficient (Wildman–Crippen LogP) is 2.54. The molecule has 23 heavy (non-hydrogen) atoms. The summed E-state index contributed by atoms with van der Waals surface area (Å²) >= 11 is 5.54. The molecule has 5 nitrogen and oxygen atoms in total. The van der Waals surface area contributed by atoms with Crippen LogP contribution in [-0.4, -0.2) is 49.6 Å². The molecular weight excluding hydrogens is 332 g/mol. The van der Waals surface area contributed by atoms with Gasteiger partial charge in [0.05, 0.1) is 18.6 Å². The fourth-order valence-electron chi connectivity index (χ4n) is 2.68. The van der Waals surface area contributed by atoms with Crippen LogP contribution in [0.1, 0.15) is 20.3 Å². The molecule has 1 saturated heterocycles. The van der Waals surface area contributed by atoms with E-state index in [1.54, 1.807) is 7.11 Å². The van der Waals surface area contributed by atoms with Crippen molar-refractivity contribution < 1.29 is 13.2 Å². The highest BCUT2D eigenvalue weighted by Crippen LogP contribution is 2.21. The lowest BCUT2D eigenvalue weighted by atomic mass is 10.1. The predicted molar refractivity (Wildman–Crippen MR) is 97.8 cm³/mol. The number of methoxy groups -OCH3 is 1. The van der Waals surface area contributed by atoms with Crippen LogP contribution in [0.2, 0.25) is 0 Å². The molecule has 1 N–H and O–H groups in total. The van der Waals surface area contributed by atoms with Gasteiger partial charge in [0.2, 0.25) is 0 Å². The van der Waals surface area contributed by atoms with Crippen LogP contribution in [0.5, 0.6) is 5.75 Å². The summed E-state index contributed by atoms with van der Waals surface area (Å²) in [6.07, 6.45) is 0.638. The molecule has 1 aliphatic rings. The van der Waals surface area contributed by atoms with E-state index in [2.05, 4.69) is 19.2 Å². The summed E-state index contributed by atoms with van der Waals surface area (Å²) < 4.78 is 28.7. The third-order valence-corrected chi connectivity index (χ3v) is 5.90. The Morgan fingerprint density at radius 2 is 2.04 bits per heavy atom. The summed E-state index contributed by atoms with van der Waals surface area (Å²) in [7, 11) is -1.31. The van der Waals surface area contributed by atoms with E-state index >= 15 is 0 Å². The number of rotatable bonds is 5. The molecule has 1 heterocycles. The quantitative estimate of drug-likeness (QED) is 0.818. The Labute approximate surface area is 143 Å². The molecule has 0 spiro atoms. The maximum atomic E-state index is 11.8. The summed E-state index contributed by atoms with van der Waals surface area (Å²) in [6.45, 7) is 4.95. The standard InChI is InChI=1S/C16H24N2O3S2/c1-12(2)10-18(14-8-9-23(19,20)11-14)16(22)17-13-4-6-15(21-3)7-5-13/h4-7,12,14H,8-11H2,1-3H3,(H,17,22)/t14-/m1/s1. The van der Waals surface area contributed by atoms with Gasteiger partial charge in [-0.2, -0.15) is 0 Å². The van der Waals surface area contributed by atoms with Crippen LogP contribution < -0.4 is 10.1 Å². The first-order valence-electron chi connectivity index (χ1n) is 7.73. The van der Waals surface area contributed by atoms with Crippen molar-refractivity contribution in [2.75, 3.05) is 30.5 Å². The molecule has 1 atom stereocenters. The average Bonchev–Trinajstić information content (AvgIpc) is 2.85. The Balaban J connectivity index is 2.09. The van der Waals surface area contributed by atoms with Crippen molar-refractivity contribution >= 4 is 32.9 Å².